The molecule has 2 N–H and O–H groups in total. The molecule has 1 aliphatic rings. The summed E-state index contributed by atoms with van der Waals surface area (Å²) in [5, 5.41) is 0. The Hall–Kier alpha value is -0.570. The van der Waals surface area contributed by atoms with Crippen LogP contribution in [0.3, 0.4) is 0 Å². The van der Waals surface area contributed by atoms with E-state index in [9.17, 15) is 4.79 Å². The van der Waals surface area contributed by atoms with Crippen LogP contribution in [0.5, 0.6) is 0 Å². The fourth-order valence-corrected chi connectivity index (χ4v) is 2.09. The molecule has 1 fully saturated rings. The molecular formula is C10H19NO2. The van der Waals surface area contributed by atoms with Gasteiger partial charge in [-0.15, -0.1) is 0 Å². The lowest BCUT2D eigenvalue weighted by Crippen LogP contribution is -2.31. The van der Waals surface area contributed by atoms with E-state index in [2.05, 4.69) is 0 Å². The number of carbonyl (C=O) groups is 1. The van der Waals surface area contributed by atoms with E-state index in [1.807, 2.05) is 6.92 Å². The number of nitrogens with two attached hydrogens (primary N) is 1. The number of esters is 1. The quantitative estimate of drug-likeness (QED) is 0.672. The summed E-state index contributed by atoms with van der Waals surface area (Å²) in [5.41, 5.74) is 5.58. The summed E-state index contributed by atoms with van der Waals surface area (Å²) < 4.78 is 4.99. The van der Waals surface area contributed by atoms with E-state index in [4.69, 9.17) is 10.5 Å². The summed E-state index contributed by atoms with van der Waals surface area (Å²) in [6.45, 7) is 2.73. The van der Waals surface area contributed by atoms with Crippen molar-refractivity contribution in [3.63, 3.8) is 0 Å². The molecule has 0 aliphatic heterocycles. The van der Waals surface area contributed by atoms with Crippen molar-refractivity contribution in [3.8, 4) is 0 Å². The van der Waals surface area contributed by atoms with E-state index < -0.39 is 0 Å². The molecule has 1 aliphatic carbocycles. The lowest BCUT2D eigenvalue weighted by molar-refractivity contribution is -0.149. The van der Waals surface area contributed by atoms with E-state index in [0.29, 0.717) is 19.1 Å². The molecule has 13 heavy (non-hydrogen) atoms. The highest BCUT2D eigenvalue weighted by Crippen LogP contribution is 2.31. The van der Waals surface area contributed by atoms with Crippen molar-refractivity contribution in [2.45, 2.75) is 32.6 Å². The van der Waals surface area contributed by atoms with Gasteiger partial charge in [0.2, 0.25) is 0 Å². The van der Waals surface area contributed by atoms with Crippen molar-refractivity contribution in [2.24, 2.45) is 17.6 Å². The van der Waals surface area contributed by atoms with Crippen LogP contribution in [0.1, 0.15) is 32.6 Å². The molecule has 1 atom stereocenters. The first-order valence-electron chi connectivity index (χ1n) is 5.16. The average molecular weight is 185 g/mol. The number of carbonyl (C=O) groups excluding carboxylic acids is 1. The first-order chi connectivity index (χ1) is 6.29. The second-order valence-corrected chi connectivity index (χ2v) is 3.64. The minimum absolute atomic E-state index is 0.0533. The van der Waals surface area contributed by atoms with E-state index in [1.165, 1.54) is 12.8 Å². The average Bonchev–Trinajstić information content (AvgIpc) is 2.59. The second kappa shape index (κ2) is 5.22. The summed E-state index contributed by atoms with van der Waals surface area (Å²) in [5.74, 6) is 0.323. The van der Waals surface area contributed by atoms with Crippen LogP contribution in [0.4, 0.5) is 0 Å². The summed E-state index contributed by atoms with van der Waals surface area (Å²) in [6, 6.07) is 0. The fraction of sp³-hybridized carbons (Fsp3) is 0.900. The second-order valence-electron chi connectivity index (χ2n) is 3.64. The lowest BCUT2D eigenvalue weighted by Gasteiger charge is -2.19. The molecule has 0 aromatic heterocycles. The summed E-state index contributed by atoms with van der Waals surface area (Å²) in [4.78, 5) is 11.5. The van der Waals surface area contributed by atoms with Crippen molar-refractivity contribution in [3.05, 3.63) is 0 Å². The van der Waals surface area contributed by atoms with Gasteiger partial charge in [-0.25, -0.2) is 0 Å². The van der Waals surface area contributed by atoms with Gasteiger partial charge >= 0.3 is 5.97 Å². The van der Waals surface area contributed by atoms with Crippen LogP contribution in [0.25, 0.3) is 0 Å². The standard InChI is InChI=1S/C10H19NO2/c1-2-13-10(12)9(7-11)8-5-3-4-6-8/h8-9H,2-7,11H2,1H3/t9-/m0/s1. The first-order valence-corrected chi connectivity index (χ1v) is 5.16. The molecule has 3 nitrogen and oxygen atoms in total. The lowest BCUT2D eigenvalue weighted by atomic mass is 9.91. The van der Waals surface area contributed by atoms with Crippen LogP contribution >= 0.6 is 0 Å². The van der Waals surface area contributed by atoms with Crippen LogP contribution < -0.4 is 5.73 Å². The van der Waals surface area contributed by atoms with Gasteiger partial charge in [0, 0.05) is 6.54 Å². The Morgan fingerprint density at radius 2 is 2.15 bits per heavy atom. The molecule has 1 saturated carbocycles. The highest BCUT2D eigenvalue weighted by Gasteiger charge is 2.30. The van der Waals surface area contributed by atoms with Crippen LogP contribution in [0.2, 0.25) is 0 Å². The van der Waals surface area contributed by atoms with Gasteiger partial charge in [0.15, 0.2) is 0 Å². The zero-order chi connectivity index (χ0) is 9.68. The largest absolute Gasteiger partial charge is 0.466 e. The Kier molecular flexibility index (Phi) is 4.22. The fourth-order valence-electron chi connectivity index (χ4n) is 2.09. The maximum Gasteiger partial charge on any atom is 0.310 e. The number of hydrogen-bond donors (Lipinski definition) is 1. The first kappa shape index (κ1) is 10.5. The summed E-state index contributed by atoms with van der Waals surface area (Å²) >= 11 is 0. The number of hydrogen-bond acceptors (Lipinski definition) is 3. The SMILES string of the molecule is CCOC(=O)[C@@H](CN)C1CCCC1. The van der Waals surface area contributed by atoms with Gasteiger partial charge in [-0.3, -0.25) is 4.79 Å². The molecule has 76 valence electrons. The smallest absolute Gasteiger partial charge is 0.310 e. The Labute approximate surface area is 79.6 Å². The van der Waals surface area contributed by atoms with E-state index in [1.54, 1.807) is 0 Å². The van der Waals surface area contributed by atoms with E-state index in [-0.39, 0.29) is 11.9 Å². The minimum atomic E-state index is -0.100. The molecule has 0 saturated heterocycles. The van der Waals surface area contributed by atoms with Crippen LogP contribution in [0.15, 0.2) is 0 Å². The summed E-state index contributed by atoms with van der Waals surface area (Å²) in [7, 11) is 0. The summed E-state index contributed by atoms with van der Waals surface area (Å²) in [6.07, 6.45) is 4.75. The maximum absolute atomic E-state index is 11.5. The molecule has 1 rings (SSSR count). The van der Waals surface area contributed by atoms with Gasteiger partial charge in [0.1, 0.15) is 0 Å². The molecule has 0 heterocycles. The Morgan fingerprint density at radius 1 is 1.54 bits per heavy atom. The van der Waals surface area contributed by atoms with Crippen molar-refractivity contribution >= 4 is 5.97 Å². The normalized spacial score (nSPS) is 20.2. The van der Waals surface area contributed by atoms with Gasteiger partial charge in [0.25, 0.3) is 0 Å². The highest BCUT2D eigenvalue weighted by atomic mass is 16.5. The third-order valence-electron chi connectivity index (χ3n) is 2.81. The molecular weight excluding hydrogens is 166 g/mol. The topological polar surface area (TPSA) is 52.3 Å². The van der Waals surface area contributed by atoms with Gasteiger partial charge in [0.05, 0.1) is 12.5 Å². The van der Waals surface area contributed by atoms with Gasteiger partial charge < -0.3 is 10.5 Å². The molecule has 0 bridgehead atoms. The number of ether oxygens (including phenoxy) is 1. The highest BCUT2D eigenvalue weighted by molar-refractivity contribution is 5.73. The molecule has 3 heteroatoms. The minimum Gasteiger partial charge on any atom is -0.466 e. The molecule has 0 aromatic rings. The van der Waals surface area contributed by atoms with E-state index >= 15 is 0 Å². The van der Waals surface area contributed by atoms with Crippen molar-refractivity contribution in [1.29, 1.82) is 0 Å². The van der Waals surface area contributed by atoms with Gasteiger partial charge in [-0.05, 0) is 25.7 Å². The molecule has 0 amide bonds. The molecule has 0 unspecified atom stereocenters. The monoisotopic (exact) mass is 185 g/mol. The predicted molar refractivity (Wildman–Crippen MR) is 51.1 cm³/mol. The Balaban J connectivity index is 2.44. The molecule has 0 radical (unpaired) electrons. The van der Waals surface area contributed by atoms with Crippen molar-refractivity contribution < 1.29 is 9.53 Å². The third-order valence-corrected chi connectivity index (χ3v) is 2.81. The molecule has 0 spiro atoms. The number of rotatable bonds is 4. The van der Waals surface area contributed by atoms with Crippen molar-refractivity contribution in [2.75, 3.05) is 13.2 Å². The third kappa shape index (κ3) is 2.69. The predicted octanol–water partition coefficient (Wildman–Crippen LogP) is 1.31. The van der Waals surface area contributed by atoms with Crippen LogP contribution in [-0.4, -0.2) is 19.1 Å². The zero-order valence-electron chi connectivity index (χ0n) is 8.29. The maximum atomic E-state index is 11.5. The molecule has 0 aromatic carbocycles. The van der Waals surface area contributed by atoms with Crippen LogP contribution in [0, 0.1) is 11.8 Å². The Bertz CT molecular complexity index is 164. The van der Waals surface area contributed by atoms with Crippen molar-refractivity contribution in [1.82, 2.24) is 0 Å². The van der Waals surface area contributed by atoms with Crippen LogP contribution in [-0.2, 0) is 9.53 Å². The van der Waals surface area contributed by atoms with Gasteiger partial charge in [-0.1, -0.05) is 12.8 Å². The Morgan fingerprint density at radius 3 is 2.62 bits per heavy atom. The van der Waals surface area contributed by atoms with Gasteiger partial charge in [-0.2, -0.15) is 0 Å². The zero-order valence-corrected chi connectivity index (χ0v) is 8.29. The van der Waals surface area contributed by atoms with E-state index in [0.717, 1.165) is 12.8 Å².